The molecule has 5 nitrogen and oxygen atoms in total. The smallest absolute Gasteiger partial charge is 0.266 e. The monoisotopic (exact) mass is 214 g/mol. The minimum Gasteiger partial charge on any atom is -0.290 e. The molecule has 76 valence electrons. The Kier molecular flexibility index (Phi) is 3.73. The number of aliphatic imine (C=N–C) groups is 1. The Hall–Kier alpha value is -1.27. The predicted octanol–water partition coefficient (Wildman–Crippen LogP) is 0.388. The molecule has 0 spiro atoms. The zero-order chi connectivity index (χ0) is 10.4. The van der Waals surface area contributed by atoms with Crippen molar-refractivity contribution in [3.63, 3.8) is 0 Å². The Balaban J connectivity index is 2.43. The number of hydrogen-bond donors (Lipinski definition) is 1. The highest BCUT2D eigenvalue weighted by molar-refractivity contribution is 7.85. The van der Waals surface area contributed by atoms with Crippen LogP contribution in [0.5, 0.6) is 0 Å². The van der Waals surface area contributed by atoms with Crippen molar-refractivity contribution in [2.45, 2.75) is 0 Å². The van der Waals surface area contributed by atoms with Crippen LogP contribution in [0.4, 0.5) is 0 Å². The number of pyridine rings is 1. The summed E-state index contributed by atoms with van der Waals surface area (Å²) < 4.78 is 29.0. The molecule has 1 aromatic heterocycles. The maximum absolute atomic E-state index is 10.3. The van der Waals surface area contributed by atoms with Crippen LogP contribution < -0.4 is 0 Å². The van der Waals surface area contributed by atoms with Gasteiger partial charge < -0.3 is 0 Å². The largest absolute Gasteiger partial charge is 0.290 e. The van der Waals surface area contributed by atoms with Gasteiger partial charge in [-0.25, -0.2) is 0 Å². The molecule has 1 heterocycles. The maximum Gasteiger partial charge on any atom is 0.266 e. The highest BCUT2D eigenvalue weighted by atomic mass is 32.2. The van der Waals surface area contributed by atoms with Gasteiger partial charge in [-0.05, 0) is 12.1 Å². The van der Waals surface area contributed by atoms with E-state index in [-0.39, 0.29) is 12.3 Å². The average molecular weight is 214 g/mol. The van der Waals surface area contributed by atoms with E-state index in [0.29, 0.717) is 5.69 Å². The van der Waals surface area contributed by atoms with E-state index in [2.05, 4.69) is 9.98 Å². The highest BCUT2D eigenvalue weighted by Gasteiger charge is 2.01. The number of nitrogens with zero attached hydrogens (tertiary/aromatic N) is 2. The minimum atomic E-state index is -3.91. The van der Waals surface area contributed by atoms with Gasteiger partial charge in [-0.2, -0.15) is 8.42 Å². The van der Waals surface area contributed by atoms with Crippen LogP contribution in [0.3, 0.4) is 0 Å². The lowest BCUT2D eigenvalue weighted by molar-refractivity contribution is 0.483. The van der Waals surface area contributed by atoms with Gasteiger partial charge in [0.15, 0.2) is 0 Å². The molecule has 0 aliphatic carbocycles. The van der Waals surface area contributed by atoms with Gasteiger partial charge in [-0.1, -0.05) is 6.07 Å². The summed E-state index contributed by atoms with van der Waals surface area (Å²) in [5, 5.41) is 0. The van der Waals surface area contributed by atoms with Crippen LogP contribution in [0, 0.1) is 0 Å². The molecule has 0 atom stereocenters. The van der Waals surface area contributed by atoms with Crippen molar-refractivity contribution in [2.24, 2.45) is 4.99 Å². The fraction of sp³-hybridized carbons (Fsp3) is 0.250. The normalized spacial score (nSPS) is 12.1. The zero-order valence-corrected chi connectivity index (χ0v) is 8.18. The number of rotatable bonds is 4. The van der Waals surface area contributed by atoms with Gasteiger partial charge in [-0.3, -0.25) is 14.5 Å². The first-order valence-corrected chi connectivity index (χ1v) is 5.55. The summed E-state index contributed by atoms with van der Waals surface area (Å²) in [5.41, 5.74) is 0.655. The summed E-state index contributed by atoms with van der Waals surface area (Å²) in [6.07, 6.45) is 3.08. The van der Waals surface area contributed by atoms with Crippen LogP contribution in [0.1, 0.15) is 5.69 Å². The molecule has 14 heavy (non-hydrogen) atoms. The molecule has 1 rings (SSSR count). The van der Waals surface area contributed by atoms with Gasteiger partial charge in [0.25, 0.3) is 10.1 Å². The maximum atomic E-state index is 10.3. The second-order valence-corrected chi connectivity index (χ2v) is 4.15. The predicted molar refractivity (Wildman–Crippen MR) is 53.1 cm³/mol. The Morgan fingerprint density at radius 2 is 2.29 bits per heavy atom. The van der Waals surface area contributed by atoms with Crippen molar-refractivity contribution in [1.82, 2.24) is 4.98 Å². The van der Waals surface area contributed by atoms with Crippen LogP contribution in [0.15, 0.2) is 29.4 Å². The second kappa shape index (κ2) is 4.83. The van der Waals surface area contributed by atoms with Crippen LogP contribution in [0.2, 0.25) is 0 Å². The summed E-state index contributed by atoms with van der Waals surface area (Å²) in [6, 6.07) is 5.32. The first kappa shape index (κ1) is 10.8. The van der Waals surface area contributed by atoms with E-state index in [0.717, 1.165) is 0 Å². The average Bonchev–Trinajstić information content (AvgIpc) is 2.13. The first-order valence-electron chi connectivity index (χ1n) is 3.94. The molecular formula is C8H10N2O3S. The van der Waals surface area contributed by atoms with E-state index >= 15 is 0 Å². The molecular weight excluding hydrogens is 204 g/mol. The van der Waals surface area contributed by atoms with Crippen molar-refractivity contribution in [3.05, 3.63) is 30.1 Å². The molecule has 0 saturated carbocycles. The Morgan fingerprint density at radius 3 is 2.86 bits per heavy atom. The van der Waals surface area contributed by atoms with Crippen molar-refractivity contribution in [1.29, 1.82) is 0 Å². The summed E-state index contributed by atoms with van der Waals surface area (Å²) in [4.78, 5) is 7.75. The van der Waals surface area contributed by atoms with Crippen LogP contribution in [0.25, 0.3) is 0 Å². The van der Waals surface area contributed by atoms with Crippen molar-refractivity contribution in [3.8, 4) is 0 Å². The van der Waals surface area contributed by atoms with E-state index in [1.807, 2.05) is 0 Å². The van der Waals surface area contributed by atoms with E-state index in [1.165, 1.54) is 6.21 Å². The minimum absolute atomic E-state index is 0.0371. The van der Waals surface area contributed by atoms with Gasteiger partial charge >= 0.3 is 0 Å². The fourth-order valence-corrected chi connectivity index (χ4v) is 1.11. The molecule has 0 radical (unpaired) electrons. The van der Waals surface area contributed by atoms with Crippen LogP contribution in [-0.4, -0.2) is 36.5 Å². The number of aromatic nitrogens is 1. The van der Waals surface area contributed by atoms with Gasteiger partial charge in [0, 0.05) is 12.4 Å². The standard InChI is InChI=1S/C8H10N2O3S/c11-14(12,13)6-5-9-7-8-3-1-2-4-10-8/h1-4,7H,5-6H2,(H,11,12,13). The van der Waals surface area contributed by atoms with E-state index < -0.39 is 10.1 Å². The topological polar surface area (TPSA) is 79.6 Å². The molecule has 0 aromatic carbocycles. The molecule has 1 N–H and O–H groups in total. The SMILES string of the molecule is O=S(=O)(O)CCN=Cc1ccccn1. The van der Waals surface area contributed by atoms with Crippen molar-refractivity contribution in [2.75, 3.05) is 12.3 Å². The van der Waals surface area contributed by atoms with Gasteiger partial charge in [0.1, 0.15) is 0 Å². The first-order chi connectivity index (χ1) is 6.58. The molecule has 1 aromatic rings. The molecule has 0 unspecified atom stereocenters. The van der Waals surface area contributed by atoms with Gasteiger partial charge in [0.05, 0.1) is 18.0 Å². The Morgan fingerprint density at radius 1 is 1.50 bits per heavy atom. The summed E-state index contributed by atoms with van der Waals surface area (Å²) in [6.45, 7) is 0.0371. The number of hydrogen-bond acceptors (Lipinski definition) is 4. The van der Waals surface area contributed by atoms with Crippen LogP contribution >= 0.6 is 0 Å². The van der Waals surface area contributed by atoms with Gasteiger partial charge in [-0.15, -0.1) is 0 Å². The second-order valence-electron chi connectivity index (χ2n) is 2.58. The molecule has 0 amide bonds. The fourth-order valence-electron chi connectivity index (χ4n) is 0.778. The third kappa shape index (κ3) is 4.68. The lowest BCUT2D eigenvalue weighted by Gasteiger charge is -1.92. The van der Waals surface area contributed by atoms with E-state index in [1.54, 1.807) is 24.4 Å². The summed E-state index contributed by atoms with van der Waals surface area (Å²) >= 11 is 0. The third-order valence-corrected chi connectivity index (χ3v) is 2.09. The van der Waals surface area contributed by atoms with E-state index in [4.69, 9.17) is 4.55 Å². The van der Waals surface area contributed by atoms with Crippen molar-refractivity contribution >= 4 is 16.3 Å². The third-order valence-electron chi connectivity index (χ3n) is 1.39. The molecule has 0 aliphatic heterocycles. The van der Waals surface area contributed by atoms with Gasteiger partial charge in [0.2, 0.25) is 0 Å². The van der Waals surface area contributed by atoms with Crippen molar-refractivity contribution < 1.29 is 13.0 Å². The van der Waals surface area contributed by atoms with Crippen LogP contribution in [-0.2, 0) is 10.1 Å². The molecule has 6 heteroatoms. The molecule has 0 bridgehead atoms. The summed E-state index contributed by atoms with van der Waals surface area (Å²) in [5.74, 6) is -0.365. The zero-order valence-electron chi connectivity index (χ0n) is 7.37. The molecule has 0 fully saturated rings. The quantitative estimate of drug-likeness (QED) is 0.580. The molecule has 0 aliphatic rings. The lowest BCUT2D eigenvalue weighted by Crippen LogP contribution is -2.06. The highest BCUT2D eigenvalue weighted by Crippen LogP contribution is 1.89. The summed E-state index contributed by atoms with van der Waals surface area (Å²) in [7, 11) is -3.91. The lowest BCUT2D eigenvalue weighted by atomic mass is 10.4. The Bertz CT molecular complexity index is 400. The Labute approximate surface area is 82.3 Å². The molecule has 0 saturated heterocycles. The van der Waals surface area contributed by atoms with E-state index in [9.17, 15) is 8.42 Å².